The Labute approximate surface area is 157 Å². The summed E-state index contributed by atoms with van der Waals surface area (Å²) in [7, 11) is 0. The summed E-state index contributed by atoms with van der Waals surface area (Å²) in [5, 5.41) is 24.6. The molecule has 0 saturated heterocycles. The number of aliphatic carboxylic acids is 1. The standard InChI is InChI=1S/C20H22N2O5/c1-20(2,3)15-9-7-13(8-10-15)17(12-18(23)24)21-19(25)14-5-4-6-16(11-14)22(26)27/h4-11,17H,12H2,1-3H3,(H,21,25)(H,23,24)/p-1/t17-/m1/s1. The average Bonchev–Trinajstić information content (AvgIpc) is 2.60. The number of carbonyl (C=O) groups is 2. The zero-order valence-corrected chi connectivity index (χ0v) is 15.4. The number of non-ortho nitro benzene ring substituents is 1. The van der Waals surface area contributed by atoms with Crippen LogP contribution >= 0.6 is 0 Å². The largest absolute Gasteiger partial charge is 0.550 e. The normalized spacial score (nSPS) is 12.3. The maximum absolute atomic E-state index is 12.5. The van der Waals surface area contributed by atoms with Crippen LogP contribution in [0.2, 0.25) is 0 Å². The number of amides is 1. The maximum Gasteiger partial charge on any atom is 0.270 e. The first-order valence-corrected chi connectivity index (χ1v) is 8.43. The fourth-order valence-electron chi connectivity index (χ4n) is 2.64. The number of nitro benzene ring substituents is 1. The molecule has 0 aliphatic carbocycles. The lowest BCUT2D eigenvalue weighted by molar-refractivity contribution is -0.384. The molecule has 1 atom stereocenters. The molecular formula is C20H21N2O5-. The summed E-state index contributed by atoms with van der Waals surface area (Å²) in [6.07, 6.45) is -0.407. The Morgan fingerprint density at radius 1 is 1.11 bits per heavy atom. The van der Waals surface area contributed by atoms with E-state index in [1.54, 1.807) is 12.1 Å². The van der Waals surface area contributed by atoms with Crippen LogP contribution in [0.5, 0.6) is 0 Å². The minimum absolute atomic E-state index is 0.0609. The van der Waals surface area contributed by atoms with Crippen molar-refractivity contribution < 1.29 is 19.6 Å². The number of nitrogens with zero attached hydrogens (tertiary/aromatic N) is 1. The van der Waals surface area contributed by atoms with Crippen molar-refractivity contribution in [2.24, 2.45) is 0 Å². The fourth-order valence-corrected chi connectivity index (χ4v) is 2.64. The van der Waals surface area contributed by atoms with Crippen molar-refractivity contribution in [2.45, 2.75) is 38.6 Å². The monoisotopic (exact) mass is 369 g/mol. The van der Waals surface area contributed by atoms with Crippen molar-refractivity contribution in [1.82, 2.24) is 5.32 Å². The van der Waals surface area contributed by atoms with Crippen molar-refractivity contribution in [3.8, 4) is 0 Å². The number of carbonyl (C=O) groups excluding carboxylic acids is 2. The number of carboxylic acid groups (broad SMARTS) is 1. The Morgan fingerprint density at radius 2 is 1.74 bits per heavy atom. The first kappa shape index (κ1) is 20.1. The summed E-state index contributed by atoms with van der Waals surface area (Å²) >= 11 is 0. The Hall–Kier alpha value is -3.22. The van der Waals surface area contributed by atoms with Crippen molar-refractivity contribution >= 4 is 17.6 Å². The zero-order valence-electron chi connectivity index (χ0n) is 15.4. The minimum atomic E-state index is -1.31. The number of rotatable bonds is 6. The van der Waals surface area contributed by atoms with Gasteiger partial charge in [0.25, 0.3) is 11.6 Å². The second-order valence-electron chi connectivity index (χ2n) is 7.28. The van der Waals surface area contributed by atoms with Gasteiger partial charge in [-0.1, -0.05) is 51.1 Å². The van der Waals surface area contributed by atoms with Crippen LogP contribution in [0.25, 0.3) is 0 Å². The van der Waals surface area contributed by atoms with Crippen LogP contribution in [0.4, 0.5) is 5.69 Å². The van der Waals surface area contributed by atoms with Gasteiger partial charge in [-0.15, -0.1) is 0 Å². The van der Waals surface area contributed by atoms with Crippen LogP contribution in [0.3, 0.4) is 0 Å². The molecule has 2 rings (SSSR count). The summed E-state index contributed by atoms with van der Waals surface area (Å²) < 4.78 is 0. The Kier molecular flexibility index (Phi) is 5.95. The van der Waals surface area contributed by atoms with Gasteiger partial charge in [0.2, 0.25) is 0 Å². The van der Waals surface area contributed by atoms with Crippen molar-refractivity contribution in [1.29, 1.82) is 0 Å². The van der Waals surface area contributed by atoms with Crippen LogP contribution in [0.15, 0.2) is 48.5 Å². The lowest BCUT2D eigenvalue weighted by Crippen LogP contribution is -2.34. The van der Waals surface area contributed by atoms with Crippen LogP contribution in [0.1, 0.15) is 54.7 Å². The maximum atomic E-state index is 12.5. The molecule has 0 saturated carbocycles. The quantitative estimate of drug-likeness (QED) is 0.621. The third kappa shape index (κ3) is 5.37. The van der Waals surface area contributed by atoms with E-state index in [4.69, 9.17) is 0 Å². The van der Waals surface area contributed by atoms with Crippen LogP contribution < -0.4 is 10.4 Å². The molecule has 142 valence electrons. The highest BCUT2D eigenvalue weighted by Gasteiger charge is 2.19. The fraction of sp³-hybridized carbons (Fsp3) is 0.300. The predicted octanol–water partition coefficient (Wildman–Crippen LogP) is 2.50. The lowest BCUT2D eigenvalue weighted by atomic mass is 9.86. The van der Waals surface area contributed by atoms with E-state index in [2.05, 4.69) is 26.1 Å². The Morgan fingerprint density at radius 3 is 2.26 bits per heavy atom. The van der Waals surface area contributed by atoms with Gasteiger partial charge in [-0.25, -0.2) is 0 Å². The summed E-state index contributed by atoms with van der Waals surface area (Å²) in [6.45, 7) is 6.18. The Balaban J connectivity index is 2.26. The van der Waals surface area contributed by atoms with E-state index in [1.807, 2.05) is 12.1 Å². The third-order valence-electron chi connectivity index (χ3n) is 4.17. The number of nitrogens with one attached hydrogen (secondary N) is 1. The molecule has 0 aliphatic heterocycles. The van der Waals surface area contributed by atoms with Gasteiger partial charge >= 0.3 is 0 Å². The molecule has 27 heavy (non-hydrogen) atoms. The number of nitro groups is 1. The number of hydrogen-bond acceptors (Lipinski definition) is 5. The van der Waals surface area contributed by atoms with Gasteiger partial charge in [-0.05, 0) is 22.6 Å². The van der Waals surface area contributed by atoms with Gasteiger partial charge in [0.1, 0.15) is 0 Å². The van der Waals surface area contributed by atoms with Crippen LogP contribution in [-0.4, -0.2) is 16.8 Å². The molecule has 2 aromatic rings. The molecule has 0 unspecified atom stereocenters. The molecular weight excluding hydrogens is 348 g/mol. The topological polar surface area (TPSA) is 112 Å². The van der Waals surface area contributed by atoms with Crippen molar-refractivity contribution in [2.75, 3.05) is 0 Å². The molecule has 0 aromatic heterocycles. The summed E-state index contributed by atoms with van der Waals surface area (Å²) in [4.78, 5) is 33.9. The molecule has 0 bridgehead atoms. The minimum Gasteiger partial charge on any atom is -0.550 e. The lowest BCUT2D eigenvalue weighted by Gasteiger charge is -2.23. The smallest absolute Gasteiger partial charge is 0.270 e. The van der Waals surface area contributed by atoms with E-state index in [9.17, 15) is 24.8 Å². The second-order valence-corrected chi connectivity index (χ2v) is 7.28. The van der Waals surface area contributed by atoms with Gasteiger partial charge in [-0.2, -0.15) is 0 Å². The van der Waals surface area contributed by atoms with Gasteiger partial charge in [0, 0.05) is 30.1 Å². The van der Waals surface area contributed by atoms with Crippen LogP contribution in [0, 0.1) is 10.1 Å². The highest BCUT2D eigenvalue weighted by molar-refractivity contribution is 5.95. The first-order chi connectivity index (χ1) is 12.6. The van der Waals surface area contributed by atoms with E-state index < -0.39 is 29.3 Å². The van der Waals surface area contributed by atoms with Gasteiger partial charge < -0.3 is 15.2 Å². The zero-order chi connectivity index (χ0) is 20.2. The van der Waals surface area contributed by atoms with E-state index in [0.29, 0.717) is 5.56 Å². The van der Waals surface area contributed by atoms with Crippen LogP contribution in [-0.2, 0) is 10.2 Å². The third-order valence-corrected chi connectivity index (χ3v) is 4.17. The molecule has 0 spiro atoms. The van der Waals surface area contributed by atoms with E-state index in [1.165, 1.54) is 18.2 Å². The molecule has 0 aliphatic rings. The van der Waals surface area contributed by atoms with Gasteiger partial charge in [-0.3, -0.25) is 14.9 Å². The highest BCUT2D eigenvalue weighted by Crippen LogP contribution is 2.25. The molecule has 2 aromatic carbocycles. The number of benzene rings is 2. The average molecular weight is 369 g/mol. The number of carboxylic acids is 1. The summed E-state index contributed by atoms with van der Waals surface area (Å²) in [5.74, 6) is -1.90. The molecule has 0 fully saturated rings. The predicted molar refractivity (Wildman–Crippen MR) is 98.1 cm³/mol. The van der Waals surface area contributed by atoms with Gasteiger partial charge in [0.15, 0.2) is 0 Å². The van der Waals surface area contributed by atoms with E-state index in [-0.39, 0.29) is 16.7 Å². The summed E-state index contributed by atoms with van der Waals surface area (Å²) in [6, 6.07) is 11.8. The Bertz CT molecular complexity index is 853. The van der Waals surface area contributed by atoms with Crippen molar-refractivity contribution in [3.63, 3.8) is 0 Å². The SMILES string of the molecule is CC(C)(C)c1ccc([C@@H](CC(=O)[O-])NC(=O)c2cccc([N+](=O)[O-])c2)cc1. The molecule has 0 heterocycles. The van der Waals surface area contributed by atoms with E-state index >= 15 is 0 Å². The molecule has 7 heteroatoms. The highest BCUT2D eigenvalue weighted by atomic mass is 16.6. The molecule has 0 radical (unpaired) electrons. The second kappa shape index (κ2) is 7.99. The number of hydrogen-bond donors (Lipinski definition) is 1. The summed E-state index contributed by atoms with van der Waals surface area (Å²) in [5.41, 5.74) is 1.50. The first-order valence-electron chi connectivity index (χ1n) is 8.43. The molecule has 1 amide bonds. The molecule has 7 nitrogen and oxygen atoms in total. The van der Waals surface area contributed by atoms with Crippen molar-refractivity contribution in [3.05, 3.63) is 75.3 Å². The van der Waals surface area contributed by atoms with Gasteiger partial charge in [0.05, 0.1) is 11.0 Å². The van der Waals surface area contributed by atoms with E-state index in [0.717, 1.165) is 11.6 Å². The molecule has 1 N–H and O–H groups in total.